The molecule has 1 N–H and O–H groups in total. The SMILES string of the molecule is Cc1oc2ccccc2c1CC(=O)NCc1cn(C(C)C)nn1. The summed E-state index contributed by atoms with van der Waals surface area (Å²) in [7, 11) is 0. The van der Waals surface area contributed by atoms with Crippen LogP contribution in [0.15, 0.2) is 34.9 Å². The molecule has 3 rings (SSSR count). The molecule has 0 aliphatic heterocycles. The van der Waals surface area contributed by atoms with Gasteiger partial charge in [0.2, 0.25) is 5.91 Å². The minimum atomic E-state index is -0.0567. The van der Waals surface area contributed by atoms with Crippen molar-refractivity contribution < 1.29 is 9.21 Å². The van der Waals surface area contributed by atoms with Gasteiger partial charge in [-0.25, -0.2) is 4.68 Å². The Balaban J connectivity index is 1.65. The van der Waals surface area contributed by atoms with Crippen molar-refractivity contribution in [3.8, 4) is 0 Å². The molecule has 3 aromatic rings. The molecule has 120 valence electrons. The molecular formula is C17H20N4O2. The Kier molecular flexibility index (Phi) is 4.14. The monoisotopic (exact) mass is 312 g/mol. The molecular weight excluding hydrogens is 292 g/mol. The van der Waals surface area contributed by atoms with E-state index in [9.17, 15) is 4.79 Å². The minimum absolute atomic E-state index is 0.0567. The molecule has 2 aromatic heterocycles. The molecule has 0 bridgehead atoms. The standard InChI is InChI=1S/C17H20N4O2/c1-11(2)21-10-13(19-20-21)9-18-17(22)8-15-12(3)23-16-7-5-4-6-14(15)16/h4-7,10-11H,8-9H2,1-3H3,(H,18,22). The first-order chi connectivity index (χ1) is 11.0. The number of fused-ring (bicyclic) bond motifs is 1. The summed E-state index contributed by atoms with van der Waals surface area (Å²) in [6, 6.07) is 8.01. The molecule has 1 aromatic carbocycles. The smallest absolute Gasteiger partial charge is 0.224 e. The van der Waals surface area contributed by atoms with Crippen LogP contribution in [-0.4, -0.2) is 20.9 Å². The van der Waals surface area contributed by atoms with Gasteiger partial charge in [0.1, 0.15) is 17.0 Å². The molecule has 0 spiro atoms. The largest absolute Gasteiger partial charge is 0.461 e. The lowest BCUT2D eigenvalue weighted by atomic mass is 10.1. The van der Waals surface area contributed by atoms with E-state index in [1.54, 1.807) is 4.68 Å². The number of aromatic nitrogens is 3. The van der Waals surface area contributed by atoms with E-state index >= 15 is 0 Å². The van der Waals surface area contributed by atoms with Crippen molar-refractivity contribution >= 4 is 16.9 Å². The van der Waals surface area contributed by atoms with Crippen molar-refractivity contribution in [1.29, 1.82) is 0 Å². The van der Waals surface area contributed by atoms with Gasteiger partial charge in [0.25, 0.3) is 0 Å². The van der Waals surface area contributed by atoms with Gasteiger partial charge in [0, 0.05) is 17.0 Å². The number of amides is 1. The molecule has 0 aliphatic rings. The van der Waals surface area contributed by atoms with Crippen LogP contribution in [0.4, 0.5) is 0 Å². The summed E-state index contributed by atoms with van der Waals surface area (Å²) in [5.74, 6) is 0.728. The molecule has 0 radical (unpaired) electrons. The van der Waals surface area contributed by atoms with Crippen molar-refractivity contribution in [3.05, 3.63) is 47.5 Å². The highest BCUT2D eigenvalue weighted by atomic mass is 16.3. The van der Waals surface area contributed by atoms with Crippen molar-refractivity contribution in [1.82, 2.24) is 20.3 Å². The number of rotatable bonds is 5. The Labute approximate surface area is 134 Å². The summed E-state index contributed by atoms with van der Waals surface area (Å²) in [5, 5.41) is 12.0. The quantitative estimate of drug-likeness (QED) is 0.786. The Morgan fingerprint density at radius 1 is 1.35 bits per heavy atom. The number of nitrogens with one attached hydrogen (secondary N) is 1. The zero-order chi connectivity index (χ0) is 16.4. The number of nitrogens with zero attached hydrogens (tertiary/aromatic N) is 3. The van der Waals surface area contributed by atoms with Crippen LogP contribution in [0.3, 0.4) is 0 Å². The molecule has 0 atom stereocenters. The zero-order valence-corrected chi connectivity index (χ0v) is 13.5. The predicted octanol–water partition coefficient (Wildman–Crippen LogP) is 2.77. The lowest BCUT2D eigenvalue weighted by Crippen LogP contribution is -2.24. The number of furan rings is 1. The number of hydrogen-bond acceptors (Lipinski definition) is 4. The fourth-order valence-electron chi connectivity index (χ4n) is 2.50. The molecule has 0 saturated carbocycles. The molecule has 6 heteroatoms. The van der Waals surface area contributed by atoms with Gasteiger partial charge in [-0.3, -0.25) is 4.79 Å². The topological polar surface area (TPSA) is 73.0 Å². The number of hydrogen-bond donors (Lipinski definition) is 1. The first-order valence-corrected chi connectivity index (χ1v) is 7.69. The normalized spacial score (nSPS) is 11.3. The van der Waals surface area contributed by atoms with E-state index in [4.69, 9.17) is 4.42 Å². The second kappa shape index (κ2) is 6.24. The van der Waals surface area contributed by atoms with Crippen LogP contribution in [-0.2, 0) is 17.8 Å². The van der Waals surface area contributed by atoms with Crippen LogP contribution in [0.25, 0.3) is 11.0 Å². The van der Waals surface area contributed by atoms with Crippen molar-refractivity contribution in [2.24, 2.45) is 0 Å². The third kappa shape index (κ3) is 3.26. The van der Waals surface area contributed by atoms with Crippen LogP contribution in [0.1, 0.15) is 36.9 Å². The first kappa shape index (κ1) is 15.3. The molecule has 23 heavy (non-hydrogen) atoms. The van der Waals surface area contributed by atoms with Crippen LogP contribution < -0.4 is 5.32 Å². The maximum absolute atomic E-state index is 12.2. The van der Waals surface area contributed by atoms with Crippen LogP contribution in [0, 0.1) is 6.92 Å². The van der Waals surface area contributed by atoms with E-state index in [0.29, 0.717) is 13.0 Å². The van der Waals surface area contributed by atoms with Gasteiger partial charge in [-0.2, -0.15) is 0 Å². The van der Waals surface area contributed by atoms with Crippen molar-refractivity contribution in [2.45, 2.75) is 39.8 Å². The van der Waals surface area contributed by atoms with E-state index in [0.717, 1.165) is 28.0 Å². The van der Waals surface area contributed by atoms with Crippen LogP contribution in [0.2, 0.25) is 0 Å². The maximum atomic E-state index is 12.2. The highest BCUT2D eigenvalue weighted by molar-refractivity contribution is 5.88. The number of aryl methyl sites for hydroxylation is 1. The summed E-state index contributed by atoms with van der Waals surface area (Å²) in [4.78, 5) is 12.2. The molecule has 0 unspecified atom stereocenters. The van der Waals surface area contributed by atoms with E-state index < -0.39 is 0 Å². The van der Waals surface area contributed by atoms with Crippen molar-refractivity contribution in [3.63, 3.8) is 0 Å². The van der Waals surface area contributed by atoms with Crippen LogP contribution in [0.5, 0.6) is 0 Å². The average Bonchev–Trinajstić information content (AvgIpc) is 3.11. The fraction of sp³-hybridized carbons (Fsp3) is 0.353. The minimum Gasteiger partial charge on any atom is -0.461 e. The number of benzene rings is 1. The Morgan fingerprint density at radius 2 is 2.13 bits per heavy atom. The summed E-state index contributed by atoms with van der Waals surface area (Å²) in [6.07, 6.45) is 2.14. The third-order valence-electron chi connectivity index (χ3n) is 3.79. The molecule has 0 aliphatic carbocycles. The van der Waals surface area contributed by atoms with Gasteiger partial charge in [-0.05, 0) is 26.8 Å². The van der Waals surface area contributed by atoms with Gasteiger partial charge in [-0.1, -0.05) is 23.4 Å². The fourth-order valence-corrected chi connectivity index (χ4v) is 2.50. The van der Waals surface area contributed by atoms with Crippen LogP contribution >= 0.6 is 0 Å². The average molecular weight is 312 g/mol. The Hall–Kier alpha value is -2.63. The second-order valence-electron chi connectivity index (χ2n) is 5.87. The summed E-state index contributed by atoms with van der Waals surface area (Å²) in [6.45, 7) is 6.32. The van der Waals surface area contributed by atoms with Gasteiger partial charge < -0.3 is 9.73 Å². The third-order valence-corrected chi connectivity index (χ3v) is 3.79. The Bertz CT molecular complexity index is 832. The summed E-state index contributed by atoms with van der Waals surface area (Å²) >= 11 is 0. The zero-order valence-electron chi connectivity index (χ0n) is 13.5. The van der Waals surface area contributed by atoms with Gasteiger partial charge in [-0.15, -0.1) is 5.10 Å². The number of carbonyl (C=O) groups is 1. The van der Waals surface area contributed by atoms with Gasteiger partial charge in [0.15, 0.2) is 0 Å². The van der Waals surface area contributed by atoms with E-state index in [1.165, 1.54) is 0 Å². The van der Waals surface area contributed by atoms with E-state index in [2.05, 4.69) is 15.6 Å². The summed E-state index contributed by atoms with van der Waals surface area (Å²) in [5.41, 5.74) is 2.50. The lowest BCUT2D eigenvalue weighted by Gasteiger charge is -2.03. The van der Waals surface area contributed by atoms with Gasteiger partial charge in [0.05, 0.1) is 19.2 Å². The molecule has 0 saturated heterocycles. The second-order valence-corrected chi connectivity index (χ2v) is 5.87. The van der Waals surface area contributed by atoms with Crippen molar-refractivity contribution in [2.75, 3.05) is 0 Å². The predicted molar refractivity (Wildman–Crippen MR) is 86.9 cm³/mol. The lowest BCUT2D eigenvalue weighted by molar-refractivity contribution is -0.120. The number of para-hydroxylation sites is 1. The van der Waals surface area contributed by atoms with E-state index in [-0.39, 0.29) is 11.9 Å². The highest BCUT2D eigenvalue weighted by Gasteiger charge is 2.14. The molecule has 1 amide bonds. The first-order valence-electron chi connectivity index (χ1n) is 7.69. The highest BCUT2D eigenvalue weighted by Crippen LogP contribution is 2.25. The maximum Gasteiger partial charge on any atom is 0.224 e. The molecule has 0 fully saturated rings. The summed E-state index contributed by atoms with van der Waals surface area (Å²) < 4.78 is 7.46. The van der Waals surface area contributed by atoms with Gasteiger partial charge >= 0.3 is 0 Å². The number of carbonyl (C=O) groups excluding carboxylic acids is 1. The molecule has 2 heterocycles. The van der Waals surface area contributed by atoms with E-state index in [1.807, 2.05) is 51.2 Å². The Morgan fingerprint density at radius 3 is 2.87 bits per heavy atom. The molecule has 6 nitrogen and oxygen atoms in total.